The number of benzene rings is 2. The van der Waals surface area contributed by atoms with Gasteiger partial charge in [-0.15, -0.1) is 0 Å². The van der Waals surface area contributed by atoms with Crippen molar-refractivity contribution in [3.05, 3.63) is 47.0 Å². The third kappa shape index (κ3) is 8.30. The molecule has 0 aromatic heterocycles. The maximum absolute atomic E-state index is 13.1. The van der Waals surface area contributed by atoms with Gasteiger partial charge in [-0.1, -0.05) is 64.9 Å². The van der Waals surface area contributed by atoms with E-state index >= 15 is 0 Å². The zero-order chi connectivity index (χ0) is 25.6. The second-order valence-electron chi connectivity index (χ2n) is 8.63. The van der Waals surface area contributed by atoms with Gasteiger partial charge in [-0.25, -0.2) is 4.79 Å². The van der Waals surface area contributed by atoms with Gasteiger partial charge in [0.1, 0.15) is 17.1 Å². The Kier molecular flexibility index (Phi) is 12.2. The van der Waals surface area contributed by atoms with E-state index in [9.17, 15) is 9.59 Å². The van der Waals surface area contributed by atoms with Crippen molar-refractivity contribution in [2.45, 2.75) is 78.1 Å². The number of hydrogen-bond acceptors (Lipinski definition) is 6. The van der Waals surface area contributed by atoms with Crippen molar-refractivity contribution in [1.82, 2.24) is 0 Å². The van der Waals surface area contributed by atoms with Crippen LogP contribution in [0.15, 0.2) is 30.3 Å². The summed E-state index contributed by atoms with van der Waals surface area (Å²) in [6.45, 7) is 4.02. The molecule has 192 valence electrons. The summed E-state index contributed by atoms with van der Waals surface area (Å²) in [4.78, 5) is 25.7. The summed E-state index contributed by atoms with van der Waals surface area (Å²) in [5, 5.41) is 0. The predicted molar refractivity (Wildman–Crippen MR) is 138 cm³/mol. The van der Waals surface area contributed by atoms with Crippen LogP contribution in [0.4, 0.5) is 0 Å². The number of methoxy groups -OCH3 is 3. The van der Waals surface area contributed by atoms with Crippen molar-refractivity contribution in [2.75, 3.05) is 21.3 Å². The molecule has 0 radical (unpaired) electrons. The van der Waals surface area contributed by atoms with Gasteiger partial charge in [-0.05, 0) is 30.5 Å². The normalized spacial score (nSPS) is 10.7. The fourth-order valence-electron chi connectivity index (χ4n) is 4.03. The molecule has 0 bridgehead atoms. The number of carbonyl (C=O) groups excluding carboxylic acids is 2. The third-order valence-corrected chi connectivity index (χ3v) is 6.11. The highest BCUT2D eigenvalue weighted by atomic mass is 16.5. The Morgan fingerprint density at radius 2 is 1.26 bits per heavy atom. The molecule has 0 fully saturated rings. The van der Waals surface area contributed by atoms with E-state index in [0.29, 0.717) is 29.2 Å². The number of ketones is 1. The molecule has 0 amide bonds. The molecule has 0 spiro atoms. The molecule has 6 heteroatoms. The molecule has 0 aliphatic heterocycles. The van der Waals surface area contributed by atoms with Gasteiger partial charge in [0.05, 0.1) is 26.9 Å². The average Bonchev–Trinajstić information content (AvgIpc) is 2.88. The van der Waals surface area contributed by atoms with Gasteiger partial charge in [0, 0.05) is 18.6 Å². The van der Waals surface area contributed by atoms with Gasteiger partial charge in [0.2, 0.25) is 0 Å². The van der Waals surface area contributed by atoms with E-state index in [1.54, 1.807) is 19.1 Å². The molecular formula is C29H40O6. The monoisotopic (exact) mass is 484 g/mol. The van der Waals surface area contributed by atoms with Crippen LogP contribution in [0.3, 0.4) is 0 Å². The lowest BCUT2D eigenvalue weighted by Crippen LogP contribution is -2.13. The Bertz CT molecular complexity index is 966. The highest BCUT2D eigenvalue weighted by molar-refractivity contribution is 6.01. The fourth-order valence-corrected chi connectivity index (χ4v) is 4.03. The first-order chi connectivity index (χ1) is 17.0. The van der Waals surface area contributed by atoms with E-state index in [-0.39, 0.29) is 17.1 Å². The minimum absolute atomic E-state index is 0.0781. The standard InChI is InChI=1S/C29H40O6/c1-6-8-9-10-11-12-13-14-15-21-16-17-22(24(30)7-2)26(18-21)35-29(31)23-19-27(33-4)28(34-5)20-25(23)32-3/h16-20H,6-15H2,1-5H3. The maximum Gasteiger partial charge on any atom is 0.347 e. The molecule has 2 aromatic rings. The van der Waals surface area contributed by atoms with E-state index < -0.39 is 5.97 Å². The molecule has 0 saturated carbocycles. The molecular weight excluding hydrogens is 444 g/mol. The number of esters is 1. The Morgan fingerprint density at radius 3 is 1.86 bits per heavy atom. The SMILES string of the molecule is CCCCCCCCCCc1ccc(C(=O)CC)c(OC(=O)c2cc(OC)c(OC)cc2OC)c1. The van der Waals surface area contributed by atoms with E-state index in [1.807, 2.05) is 12.1 Å². The van der Waals surface area contributed by atoms with E-state index in [2.05, 4.69) is 6.92 Å². The first-order valence-electron chi connectivity index (χ1n) is 12.7. The molecule has 0 atom stereocenters. The molecule has 6 nitrogen and oxygen atoms in total. The molecule has 2 aromatic carbocycles. The summed E-state index contributed by atoms with van der Waals surface area (Å²) < 4.78 is 21.7. The molecule has 35 heavy (non-hydrogen) atoms. The molecule has 0 unspecified atom stereocenters. The molecule has 0 saturated heterocycles. The van der Waals surface area contributed by atoms with Gasteiger partial charge < -0.3 is 18.9 Å². The summed E-state index contributed by atoms with van der Waals surface area (Å²) in [5.74, 6) is 0.688. The van der Waals surface area contributed by atoms with E-state index in [1.165, 1.54) is 72.3 Å². The van der Waals surface area contributed by atoms with Gasteiger partial charge in [0.25, 0.3) is 0 Å². The highest BCUT2D eigenvalue weighted by Crippen LogP contribution is 2.35. The van der Waals surface area contributed by atoms with Crippen LogP contribution >= 0.6 is 0 Å². The number of rotatable bonds is 16. The van der Waals surface area contributed by atoms with Crippen LogP contribution in [-0.2, 0) is 6.42 Å². The molecule has 0 aliphatic rings. The quantitative estimate of drug-likeness (QED) is 0.108. The van der Waals surface area contributed by atoms with Crippen LogP contribution in [0.2, 0.25) is 0 Å². The van der Waals surface area contributed by atoms with Crippen LogP contribution in [-0.4, -0.2) is 33.1 Å². The van der Waals surface area contributed by atoms with Gasteiger partial charge in [-0.2, -0.15) is 0 Å². The van der Waals surface area contributed by atoms with Crippen LogP contribution in [0, 0.1) is 0 Å². The summed E-state index contributed by atoms with van der Waals surface area (Å²) in [6.07, 6.45) is 11.1. The topological polar surface area (TPSA) is 71.1 Å². The van der Waals surface area contributed by atoms with Gasteiger partial charge >= 0.3 is 5.97 Å². The van der Waals surface area contributed by atoms with Gasteiger partial charge in [-0.3, -0.25) is 4.79 Å². The summed E-state index contributed by atoms with van der Waals surface area (Å²) in [5.41, 5.74) is 1.64. The number of ether oxygens (including phenoxy) is 4. The Hall–Kier alpha value is -3.02. The molecule has 2 rings (SSSR count). The van der Waals surface area contributed by atoms with Crippen molar-refractivity contribution in [3.8, 4) is 23.0 Å². The number of hydrogen-bond donors (Lipinski definition) is 0. The second kappa shape index (κ2) is 15.1. The van der Waals surface area contributed by atoms with Crippen molar-refractivity contribution in [2.24, 2.45) is 0 Å². The number of unbranched alkanes of at least 4 members (excludes halogenated alkanes) is 7. The van der Waals surface area contributed by atoms with Crippen LogP contribution in [0.25, 0.3) is 0 Å². The zero-order valence-electron chi connectivity index (χ0n) is 21.9. The largest absolute Gasteiger partial charge is 0.496 e. The molecule has 0 N–H and O–H groups in total. The predicted octanol–water partition coefficient (Wildman–Crippen LogP) is 7.21. The maximum atomic E-state index is 13.1. The fraction of sp³-hybridized carbons (Fsp3) is 0.517. The lowest BCUT2D eigenvalue weighted by atomic mass is 10.0. The number of Topliss-reactive ketones (excluding diaryl/α,β-unsaturated/α-hetero) is 1. The lowest BCUT2D eigenvalue weighted by Gasteiger charge is -2.15. The Labute approximate surface area is 209 Å². The van der Waals surface area contributed by atoms with Crippen LogP contribution in [0.5, 0.6) is 23.0 Å². The Balaban J connectivity index is 2.16. The average molecular weight is 485 g/mol. The van der Waals surface area contributed by atoms with Crippen molar-refractivity contribution >= 4 is 11.8 Å². The van der Waals surface area contributed by atoms with Crippen molar-refractivity contribution in [1.29, 1.82) is 0 Å². The zero-order valence-corrected chi connectivity index (χ0v) is 21.9. The van der Waals surface area contributed by atoms with Crippen LogP contribution < -0.4 is 18.9 Å². The Morgan fingerprint density at radius 1 is 0.657 bits per heavy atom. The van der Waals surface area contributed by atoms with Crippen LogP contribution in [0.1, 0.15) is 97.9 Å². The lowest BCUT2D eigenvalue weighted by molar-refractivity contribution is 0.0728. The van der Waals surface area contributed by atoms with E-state index in [0.717, 1.165) is 18.4 Å². The first kappa shape index (κ1) is 28.2. The van der Waals surface area contributed by atoms with Gasteiger partial charge in [0.15, 0.2) is 17.3 Å². The third-order valence-electron chi connectivity index (χ3n) is 6.11. The number of aryl methyl sites for hydroxylation is 1. The van der Waals surface area contributed by atoms with E-state index in [4.69, 9.17) is 18.9 Å². The summed E-state index contributed by atoms with van der Waals surface area (Å²) in [7, 11) is 4.47. The number of carbonyl (C=O) groups is 2. The summed E-state index contributed by atoms with van der Waals surface area (Å²) in [6, 6.07) is 8.63. The highest BCUT2D eigenvalue weighted by Gasteiger charge is 2.22. The first-order valence-corrected chi connectivity index (χ1v) is 12.7. The molecule has 0 aliphatic carbocycles. The smallest absolute Gasteiger partial charge is 0.347 e. The summed E-state index contributed by atoms with van der Waals surface area (Å²) >= 11 is 0. The van der Waals surface area contributed by atoms with Crippen molar-refractivity contribution < 1.29 is 28.5 Å². The van der Waals surface area contributed by atoms with Crippen molar-refractivity contribution in [3.63, 3.8) is 0 Å². The minimum Gasteiger partial charge on any atom is -0.496 e. The molecule has 0 heterocycles. The second-order valence-corrected chi connectivity index (χ2v) is 8.63. The minimum atomic E-state index is -0.628.